The molecule has 0 bridgehead atoms. The molecule has 5 nitrogen and oxygen atoms in total. The molecular weight excluding hydrogens is 263 g/mol. The predicted molar refractivity (Wildman–Crippen MR) is 70.8 cm³/mol. The Morgan fingerprint density at radius 1 is 1.20 bits per heavy atom. The zero-order chi connectivity index (χ0) is 14.6. The summed E-state index contributed by atoms with van der Waals surface area (Å²) in [7, 11) is 0. The Bertz CT molecular complexity index is 498. The third-order valence-electron chi connectivity index (χ3n) is 3.51. The lowest BCUT2D eigenvalue weighted by atomic mass is 10.1. The summed E-state index contributed by atoms with van der Waals surface area (Å²) < 4.78 is 12.7. The van der Waals surface area contributed by atoms with Crippen LogP contribution in [0.4, 0.5) is 9.18 Å². The Morgan fingerprint density at radius 2 is 1.85 bits per heavy atom. The van der Waals surface area contributed by atoms with Crippen molar-refractivity contribution in [3.05, 3.63) is 35.6 Å². The van der Waals surface area contributed by atoms with Crippen molar-refractivity contribution in [3.63, 3.8) is 0 Å². The van der Waals surface area contributed by atoms with E-state index in [0.717, 1.165) is 5.56 Å². The Labute approximate surface area is 116 Å². The molecule has 2 rings (SSSR count). The fourth-order valence-corrected chi connectivity index (χ4v) is 1.90. The number of aliphatic carboxylic acids is 1. The molecule has 0 atom stereocenters. The largest absolute Gasteiger partial charge is 0.481 e. The molecule has 108 valence electrons. The summed E-state index contributed by atoms with van der Waals surface area (Å²) >= 11 is 0. The van der Waals surface area contributed by atoms with Crippen molar-refractivity contribution in [1.82, 2.24) is 10.6 Å². The van der Waals surface area contributed by atoms with E-state index in [1.165, 1.54) is 12.1 Å². The average Bonchev–Trinajstić information content (AvgIpc) is 3.20. The number of nitrogens with one attached hydrogen (secondary N) is 2. The number of rotatable bonds is 6. The number of amides is 2. The number of halogens is 1. The van der Waals surface area contributed by atoms with Crippen molar-refractivity contribution in [2.45, 2.75) is 19.3 Å². The van der Waals surface area contributed by atoms with Gasteiger partial charge in [0.05, 0.1) is 5.41 Å². The van der Waals surface area contributed by atoms with Crippen LogP contribution in [0.2, 0.25) is 0 Å². The number of hydrogen-bond acceptors (Lipinski definition) is 2. The van der Waals surface area contributed by atoms with Crippen molar-refractivity contribution in [2.24, 2.45) is 5.41 Å². The van der Waals surface area contributed by atoms with Crippen molar-refractivity contribution >= 4 is 12.0 Å². The second-order valence-electron chi connectivity index (χ2n) is 5.07. The van der Waals surface area contributed by atoms with Gasteiger partial charge in [-0.2, -0.15) is 0 Å². The lowest BCUT2D eigenvalue weighted by molar-refractivity contribution is -0.143. The number of carbonyl (C=O) groups excluding carboxylic acids is 1. The van der Waals surface area contributed by atoms with Crippen molar-refractivity contribution in [2.75, 3.05) is 13.1 Å². The maximum Gasteiger partial charge on any atom is 0.314 e. The number of urea groups is 1. The molecular formula is C14H17FN2O3. The lowest BCUT2D eigenvalue weighted by Crippen LogP contribution is -2.41. The minimum atomic E-state index is -0.857. The number of carboxylic acids is 1. The van der Waals surface area contributed by atoms with Crippen LogP contribution in [0.25, 0.3) is 0 Å². The topological polar surface area (TPSA) is 78.4 Å². The highest BCUT2D eigenvalue weighted by molar-refractivity contribution is 5.80. The summed E-state index contributed by atoms with van der Waals surface area (Å²) in [4.78, 5) is 22.4. The van der Waals surface area contributed by atoms with Gasteiger partial charge in [-0.1, -0.05) is 12.1 Å². The van der Waals surface area contributed by atoms with Crippen LogP contribution in [0.3, 0.4) is 0 Å². The summed E-state index contributed by atoms with van der Waals surface area (Å²) in [5.41, 5.74) is 0.171. The average molecular weight is 280 g/mol. The van der Waals surface area contributed by atoms with Gasteiger partial charge in [-0.25, -0.2) is 9.18 Å². The van der Waals surface area contributed by atoms with E-state index >= 15 is 0 Å². The number of carboxylic acid groups (broad SMARTS) is 1. The molecule has 0 spiro atoms. The zero-order valence-electron chi connectivity index (χ0n) is 11.0. The van der Waals surface area contributed by atoms with Crippen LogP contribution in [0.5, 0.6) is 0 Å². The van der Waals surface area contributed by atoms with E-state index in [2.05, 4.69) is 10.6 Å². The SMILES string of the molecule is O=C(NCCc1ccc(F)cc1)NCC1(C(=O)O)CC1. The Hall–Kier alpha value is -2.11. The maximum absolute atomic E-state index is 12.7. The highest BCUT2D eigenvalue weighted by atomic mass is 19.1. The molecule has 1 aromatic carbocycles. The molecule has 0 aliphatic heterocycles. The molecule has 0 radical (unpaired) electrons. The molecule has 0 unspecified atom stereocenters. The fraction of sp³-hybridized carbons (Fsp3) is 0.429. The summed E-state index contributed by atoms with van der Waals surface area (Å²) in [5, 5.41) is 14.2. The maximum atomic E-state index is 12.7. The van der Waals surface area contributed by atoms with Crippen LogP contribution in [0.15, 0.2) is 24.3 Å². The smallest absolute Gasteiger partial charge is 0.314 e. The first-order chi connectivity index (χ1) is 9.52. The van der Waals surface area contributed by atoms with E-state index in [-0.39, 0.29) is 18.4 Å². The summed E-state index contributed by atoms with van der Waals surface area (Å²) in [5.74, 6) is -1.15. The van der Waals surface area contributed by atoms with E-state index in [4.69, 9.17) is 5.11 Å². The van der Waals surface area contributed by atoms with Crippen LogP contribution in [-0.2, 0) is 11.2 Å². The van der Waals surface area contributed by atoms with Crippen molar-refractivity contribution in [1.29, 1.82) is 0 Å². The van der Waals surface area contributed by atoms with Crippen LogP contribution >= 0.6 is 0 Å². The molecule has 6 heteroatoms. The van der Waals surface area contributed by atoms with E-state index in [0.29, 0.717) is 25.8 Å². The second kappa shape index (κ2) is 5.90. The van der Waals surface area contributed by atoms with Crippen LogP contribution in [0, 0.1) is 11.2 Å². The highest BCUT2D eigenvalue weighted by Crippen LogP contribution is 2.45. The van der Waals surface area contributed by atoms with Crippen LogP contribution < -0.4 is 10.6 Å². The van der Waals surface area contributed by atoms with Crippen molar-refractivity contribution < 1.29 is 19.1 Å². The van der Waals surface area contributed by atoms with Gasteiger partial charge in [-0.3, -0.25) is 4.79 Å². The van der Waals surface area contributed by atoms with Gasteiger partial charge in [0, 0.05) is 13.1 Å². The van der Waals surface area contributed by atoms with Crippen LogP contribution in [-0.4, -0.2) is 30.2 Å². The van der Waals surface area contributed by atoms with Gasteiger partial charge >= 0.3 is 12.0 Å². The van der Waals surface area contributed by atoms with E-state index in [1.54, 1.807) is 12.1 Å². The lowest BCUT2D eigenvalue weighted by Gasteiger charge is -2.12. The quantitative estimate of drug-likeness (QED) is 0.739. The first-order valence-electron chi connectivity index (χ1n) is 6.51. The standard InChI is InChI=1S/C14H17FN2O3/c15-11-3-1-10(2-4-11)5-8-16-13(20)17-9-14(6-7-14)12(18)19/h1-4H,5-9H2,(H,18,19)(H2,16,17,20). The Morgan fingerprint density at radius 3 is 2.40 bits per heavy atom. The minimum absolute atomic E-state index is 0.157. The van der Waals surface area contributed by atoms with Gasteiger partial charge in [0.15, 0.2) is 0 Å². The summed E-state index contributed by atoms with van der Waals surface area (Å²) in [6.45, 7) is 0.572. The Kier molecular flexibility index (Phi) is 4.22. The first kappa shape index (κ1) is 14.3. The molecule has 1 aromatic rings. The molecule has 1 fully saturated rings. The molecule has 1 aliphatic carbocycles. The van der Waals surface area contributed by atoms with Gasteiger partial charge in [0.25, 0.3) is 0 Å². The number of benzene rings is 1. The monoisotopic (exact) mass is 280 g/mol. The highest BCUT2D eigenvalue weighted by Gasteiger charge is 2.50. The predicted octanol–water partition coefficient (Wildman–Crippen LogP) is 1.53. The zero-order valence-corrected chi connectivity index (χ0v) is 11.0. The molecule has 0 saturated heterocycles. The minimum Gasteiger partial charge on any atom is -0.481 e. The van der Waals surface area contributed by atoms with E-state index < -0.39 is 11.4 Å². The second-order valence-corrected chi connectivity index (χ2v) is 5.07. The molecule has 1 aliphatic rings. The van der Waals surface area contributed by atoms with Gasteiger partial charge in [0.1, 0.15) is 5.82 Å². The summed E-state index contributed by atoms with van der Waals surface area (Å²) in [6.07, 6.45) is 1.81. The Balaban J connectivity index is 1.65. The molecule has 0 heterocycles. The molecule has 2 amide bonds. The molecule has 0 aromatic heterocycles. The third kappa shape index (κ3) is 3.69. The van der Waals surface area contributed by atoms with Gasteiger partial charge in [-0.15, -0.1) is 0 Å². The van der Waals surface area contributed by atoms with Crippen molar-refractivity contribution in [3.8, 4) is 0 Å². The first-order valence-corrected chi connectivity index (χ1v) is 6.51. The van der Waals surface area contributed by atoms with E-state index in [1.807, 2.05) is 0 Å². The van der Waals surface area contributed by atoms with Gasteiger partial charge < -0.3 is 15.7 Å². The summed E-state index contributed by atoms with van der Waals surface area (Å²) in [6, 6.07) is 5.70. The number of hydrogen-bond donors (Lipinski definition) is 3. The molecule has 1 saturated carbocycles. The number of carbonyl (C=O) groups is 2. The van der Waals surface area contributed by atoms with Gasteiger partial charge in [0.2, 0.25) is 0 Å². The third-order valence-corrected chi connectivity index (χ3v) is 3.51. The van der Waals surface area contributed by atoms with E-state index in [9.17, 15) is 14.0 Å². The molecule has 3 N–H and O–H groups in total. The molecule has 20 heavy (non-hydrogen) atoms. The van der Waals surface area contributed by atoms with Crippen LogP contribution in [0.1, 0.15) is 18.4 Å². The van der Waals surface area contributed by atoms with Gasteiger partial charge in [-0.05, 0) is 37.0 Å². The normalized spacial score (nSPS) is 15.4. The fourth-order valence-electron chi connectivity index (χ4n) is 1.90.